The molecule has 0 saturated carbocycles. The molecule has 1 fully saturated rings. The second-order valence-electron chi connectivity index (χ2n) is 9.30. The van der Waals surface area contributed by atoms with E-state index in [4.69, 9.17) is 9.72 Å². The number of ether oxygens (including phenoxy) is 1. The lowest BCUT2D eigenvalue weighted by molar-refractivity contribution is 0.0532. The Hall–Kier alpha value is -3.89. The Kier molecular flexibility index (Phi) is 7.62. The lowest BCUT2D eigenvalue weighted by Gasteiger charge is -2.33. The molecule has 1 aliphatic heterocycles. The molecule has 1 amide bonds. The first kappa shape index (κ1) is 25.7. The predicted octanol–water partition coefficient (Wildman–Crippen LogP) is 5.13. The topological polar surface area (TPSA) is 97.2 Å². The number of nitrogens with one attached hydrogen (secondary N) is 2. The second-order valence-corrected chi connectivity index (χ2v) is 10.1. The van der Waals surface area contributed by atoms with E-state index in [2.05, 4.69) is 38.6 Å². The monoisotopic (exact) mass is 529 g/mol. The molecule has 196 valence electrons. The minimum absolute atomic E-state index is 0.161. The molecular weight excluding hydrogens is 498 g/mol. The van der Waals surface area contributed by atoms with Gasteiger partial charge in [0.15, 0.2) is 0 Å². The van der Waals surface area contributed by atoms with Crippen LogP contribution in [0.4, 0.5) is 23.0 Å². The molecule has 1 atom stereocenters. The number of rotatable bonds is 7. The van der Waals surface area contributed by atoms with Gasteiger partial charge in [0.25, 0.3) is 5.91 Å². The number of hydrogen-bond donors (Lipinski definition) is 2. The summed E-state index contributed by atoms with van der Waals surface area (Å²) in [6.45, 7) is 6.44. The van der Waals surface area contributed by atoms with Crippen molar-refractivity contribution in [3.05, 3.63) is 72.2 Å². The van der Waals surface area contributed by atoms with E-state index in [9.17, 15) is 4.79 Å². The normalized spacial score (nSPS) is 15.4. The highest BCUT2D eigenvalue weighted by Gasteiger charge is 2.18. The lowest BCUT2D eigenvalue weighted by atomic mass is 10.1. The van der Waals surface area contributed by atoms with E-state index < -0.39 is 0 Å². The molecule has 0 radical (unpaired) electrons. The van der Waals surface area contributed by atoms with E-state index in [1.807, 2.05) is 50.7 Å². The fourth-order valence-electron chi connectivity index (χ4n) is 4.35. The highest BCUT2D eigenvalue weighted by molar-refractivity contribution is 7.98. The molecule has 1 unspecified atom stereocenters. The van der Waals surface area contributed by atoms with Crippen LogP contribution in [-0.4, -0.2) is 57.7 Å². The summed E-state index contributed by atoms with van der Waals surface area (Å²) < 4.78 is 7.41. The smallest absolute Gasteiger partial charge is 0.255 e. The molecule has 2 aromatic heterocycles. The summed E-state index contributed by atoms with van der Waals surface area (Å²) >= 11 is 1.59. The number of anilines is 4. The van der Waals surface area contributed by atoms with Gasteiger partial charge in [0.1, 0.15) is 0 Å². The number of aromatic nitrogens is 4. The van der Waals surface area contributed by atoms with Gasteiger partial charge in [-0.05, 0) is 62.1 Å². The van der Waals surface area contributed by atoms with Gasteiger partial charge in [-0.15, -0.1) is 11.8 Å². The fraction of sp³-hybridized carbons (Fsp3) is 0.286. The predicted molar refractivity (Wildman–Crippen MR) is 152 cm³/mol. The van der Waals surface area contributed by atoms with Gasteiger partial charge in [-0.3, -0.25) is 9.48 Å². The third-order valence-electron chi connectivity index (χ3n) is 6.43. The number of benzene rings is 2. The molecule has 1 aliphatic rings. The number of nitrogens with zero attached hydrogens (tertiary/aromatic N) is 5. The maximum absolute atomic E-state index is 13.0. The first-order chi connectivity index (χ1) is 18.4. The molecule has 4 aromatic rings. The van der Waals surface area contributed by atoms with Crippen LogP contribution in [-0.2, 0) is 11.8 Å². The van der Waals surface area contributed by atoms with Crippen LogP contribution in [0.2, 0.25) is 0 Å². The van der Waals surface area contributed by atoms with Gasteiger partial charge in [0.2, 0.25) is 5.95 Å². The summed E-state index contributed by atoms with van der Waals surface area (Å²) in [5.74, 6) is 0.315. The number of aryl methyl sites for hydroxylation is 2. The molecule has 0 spiro atoms. The molecular formula is C28H31N7O2S. The van der Waals surface area contributed by atoms with Crippen molar-refractivity contribution in [2.24, 2.45) is 7.05 Å². The Bertz CT molecular complexity index is 1440. The van der Waals surface area contributed by atoms with Crippen molar-refractivity contribution in [3.8, 4) is 11.3 Å². The highest BCUT2D eigenvalue weighted by atomic mass is 32.2. The minimum Gasteiger partial charge on any atom is -0.375 e. The van der Waals surface area contributed by atoms with Crippen LogP contribution in [0.3, 0.4) is 0 Å². The SMILES string of the molecule is CSc1cnc(Nc2ccc(C(=O)Nc3cc(N4CCOC(C)C4)ccc3C)cc2)nc1-c1cnn(C)c1. The Balaban J connectivity index is 1.28. The maximum Gasteiger partial charge on any atom is 0.255 e. The zero-order valence-electron chi connectivity index (χ0n) is 21.9. The van der Waals surface area contributed by atoms with Crippen LogP contribution in [0, 0.1) is 6.92 Å². The minimum atomic E-state index is -0.161. The average molecular weight is 530 g/mol. The number of amides is 1. The molecule has 2 N–H and O–H groups in total. The summed E-state index contributed by atoms with van der Waals surface area (Å²) in [5, 5.41) is 10.6. The van der Waals surface area contributed by atoms with Crippen molar-refractivity contribution in [2.45, 2.75) is 24.8 Å². The van der Waals surface area contributed by atoms with E-state index in [0.717, 1.165) is 51.9 Å². The van der Waals surface area contributed by atoms with Gasteiger partial charge in [0, 0.05) is 60.7 Å². The zero-order chi connectivity index (χ0) is 26.6. The van der Waals surface area contributed by atoms with Crippen molar-refractivity contribution in [2.75, 3.05) is 41.5 Å². The Labute approximate surface area is 226 Å². The third-order valence-corrected chi connectivity index (χ3v) is 7.17. The largest absolute Gasteiger partial charge is 0.375 e. The summed E-state index contributed by atoms with van der Waals surface area (Å²) in [4.78, 5) is 25.5. The number of morpholine rings is 1. The first-order valence-corrected chi connectivity index (χ1v) is 13.7. The Morgan fingerprint density at radius 3 is 2.68 bits per heavy atom. The molecule has 0 bridgehead atoms. The molecule has 10 heteroatoms. The second kappa shape index (κ2) is 11.2. The van der Waals surface area contributed by atoms with Gasteiger partial charge < -0.3 is 20.3 Å². The molecule has 2 aromatic carbocycles. The Morgan fingerprint density at radius 1 is 1.16 bits per heavy atom. The van der Waals surface area contributed by atoms with Crippen LogP contribution in [0.5, 0.6) is 0 Å². The van der Waals surface area contributed by atoms with Crippen LogP contribution in [0.25, 0.3) is 11.3 Å². The van der Waals surface area contributed by atoms with Crippen molar-refractivity contribution in [1.82, 2.24) is 19.7 Å². The number of hydrogen-bond acceptors (Lipinski definition) is 8. The molecule has 5 rings (SSSR count). The van der Waals surface area contributed by atoms with Gasteiger partial charge in [-0.25, -0.2) is 9.97 Å². The number of carbonyl (C=O) groups excluding carboxylic acids is 1. The standard InChI is InChI=1S/C28H31N7O2S/c1-18-5-10-23(35-11-12-37-19(2)16-35)13-24(18)32-27(36)20-6-8-22(9-7-20)31-28-29-15-25(38-4)26(33-28)21-14-30-34(3)17-21/h5-10,13-15,17,19H,11-12,16H2,1-4H3,(H,32,36)(H,29,31,33). The van der Waals surface area contributed by atoms with Crippen LogP contribution in [0.15, 0.2) is 66.0 Å². The quantitative estimate of drug-likeness (QED) is 0.318. The number of thioether (sulfide) groups is 1. The highest BCUT2D eigenvalue weighted by Crippen LogP contribution is 2.29. The van der Waals surface area contributed by atoms with Crippen molar-refractivity contribution < 1.29 is 9.53 Å². The lowest BCUT2D eigenvalue weighted by Crippen LogP contribution is -2.41. The molecule has 1 saturated heterocycles. The van der Waals surface area contributed by atoms with Crippen molar-refractivity contribution >= 4 is 40.7 Å². The molecule has 0 aliphatic carbocycles. The van der Waals surface area contributed by atoms with Gasteiger partial charge in [-0.1, -0.05) is 6.07 Å². The maximum atomic E-state index is 13.0. The van der Waals surface area contributed by atoms with Crippen molar-refractivity contribution in [1.29, 1.82) is 0 Å². The van der Waals surface area contributed by atoms with Crippen molar-refractivity contribution in [3.63, 3.8) is 0 Å². The summed E-state index contributed by atoms with van der Waals surface area (Å²) in [6.07, 6.45) is 7.70. The summed E-state index contributed by atoms with van der Waals surface area (Å²) in [7, 11) is 1.88. The zero-order valence-corrected chi connectivity index (χ0v) is 22.7. The third kappa shape index (κ3) is 5.81. The van der Waals surface area contributed by atoms with Crippen LogP contribution >= 0.6 is 11.8 Å². The van der Waals surface area contributed by atoms with Gasteiger partial charge in [0.05, 0.1) is 29.5 Å². The van der Waals surface area contributed by atoms with E-state index in [-0.39, 0.29) is 12.0 Å². The Morgan fingerprint density at radius 2 is 1.97 bits per heavy atom. The summed E-state index contributed by atoms with van der Waals surface area (Å²) in [5.41, 5.74) is 6.00. The fourth-order valence-corrected chi connectivity index (χ4v) is 4.87. The number of carbonyl (C=O) groups is 1. The van der Waals surface area contributed by atoms with E-state index in [0.29, 0.717) is 18.1 Å². The molecule has 38 heavy (non-hydrogen) atoms. The van der Waals surface area contributed by atoms with Gasteiger partial charge in [-0.2, -0.15) is 5.10 Å². The van der Waals surface area contributed by atoms with Crippen LogP contribution in [0.1, 0.15) is 22.8 Å². The molecule has 9 nitrogen and oxygen atoms in total. The first-order valence-electron chi connectivity index (χ1n) is 12.5. The average Bonchev–Trinajstić information content (AvgIpc) is 3.36. The molecule has 3 heterocycles. The van der Waals surface area contributed by atoms with Gasteiger partial charge >= 0.3 is 0 Å². The summed E-state index contributed by atoms with van der Waals surface area (Å²) in [6, 6.07) is 13.5. The van der Waals surface area contributed by atoms with Crippen LogP contribution < -0.4 is 15.5 Å². The van der Waals surface area contributed by atoms with E-state index in [1.54, 1.807) is 41.0 Å². The van der Waals surface area contributed by atoms with E-state index in [1.165, 1.54) is 0 Å². The van der Waals surface area contributed by atoms with E-state index >= 15 is 0 Å².